The number of fused-ring (bicyclic) bond motifs is 2. The molecular formula is C16H11IN4O2. The summed E-state index contributed by atoms with van der Waals surface area (Å²) in [6.07, 6.45) is 0. The molecule has 4 rings (SSSR count). The molecule has 23 heavy (non-hydrogen) atoms. The minimum Gasteiger partial charge on any atom is -0.494 e. The first-order chi connectivity index (χ1) is 11.1. The van der Waals surface area contributed by atoms with Gasteiger partial charge < -0.3 is 15.9 Å². The number of aromatic nitrogens is 2. The van der Waals surface area contributed by atoms with Gasteiger partial charge in [0, 0.05) is 19.9 Å². The Kier molecular flexibility index (Phi) is 3.05. The Morgan fingerprint density at radius 3 is 2.74 bits per heavy atom. The number of aromatic hydroxyl groups is 1. The third kappa shape index (κ3) is 1.93. The zero-order valence-electron chi connectivity index (χ0n) is 11.7. The number of para-hydroxylation sites is 1. The van der Waals surface area contributed by atoms with E-state index in [2.05, 4.69) is 32.8 Å². The van der Waals surface area contributed by atoms with Crippen LogP contribution < -0.4 is 5.84 Å². The lowest BCUT2D eigenvalue weighted by atomic mass is 10.1. The second-order valence-electron chi connectivity index (χ2n) is 5.21. The molecule has 7 heteroatoms. The van der Waals surface area contributed by atoms with Gasteiger partial charge in [-0.3, -0.25) is 4.68 Å². The Balaban J connectivity index is 2.19. The van der Waals surface area contributed by atoms with Crippen LogP contribution >= 0.6 is 22.6 Å². The molecule has 0 atom stereocenters. The third-order valence-electron chi connectivity index (χ3n) is 3.95. The molecule has 0 saturated heterocycles. The molecule has 0 amide bonds. The monoisotopic (exact) mass is 418 g/mol. The molecule has 0 aliphatic heterocycles. The maximum absolute atomic E-state index is 11.5. The summed E-state index contributed by atoms with van der Waals surface area (Å²) in [5.74, 6) is 6.16. The predicted octanol–water partition coefficient (Wildman–Crippen LogP) is 4.21. The molecule has 4 N–H and O–H groups in total. The highest BCUT2D eigenvalue weighted by molar-refractivity contribution is 14.1. The summed E-state index contributed by atoms with van der Waals surface area (Å²) in [5, 5.41) is 15.0. The Bertz CT molecular complexity index is 1080. The van der Waals surface area contributed by atoms with E-state index in [-0.39, 0.29) is 11.6 Å². The lowest BCUT2D eigenvalue weighted by Gasteiger charge is -2.04. The number of nitroso groups, excluding NO2 is 1. The molecule has 2 aromatic heterocycles. The maximum atomic E-state index is 11.5. The van der Waals surface area contributed by atoms with Gasteiger partial charge in [-0.2, -0.15) is 0 Å². The molecule has 0 saturated carbocycles. The van der Waals surface area contributed by atoms with Crippen LogP contribution in [0.3, 0.4) is 0 Å². The fraction of sp³-hybridized carbons (Fsp3) is 0. The van der Waals surface area contributed by atoms with E-state index >= 15 is 0 Å². The summed E-state index contributed by atoms with van der Waals surface area (Å²) < 4.78 is 2.41. The van der Waals surface area contributed by atoms with Crippen LogP contribution in [-0.4, -0.2) is 14.8 Å². The van der Waals surface area contributed by atoms with E-state index in [9.17, 15) is 10.0 Å². The van der Waals surface area contributed by atoms with Gasteiger partial charge in [0.05, 0.1) is 11.1 Å². The van der Waals surface area contributed by atoms with Crippen LogP contribution in [0.4, 0.5) is 5.69 Å². The van der Waals surface area contributed by atoms with Crippen molar-refractivity contribution in [2.24, 2.45) is 5.18 Å². The minimum absolute atomic E-state index is 0.0404. The van der Waals surface area contributed by atoms with Gasteiger partial charge >= 0.3 is 0 Å². The first-order valence-corrected chi connectivity index (χ1v) is 7.92. The highest BCUT2D eigenvalue weighted by atomic mass is 127. The van der Waals surface area contributed by atoms with Gasteiger partial charge in [-0.1, -0.05) is 18.2 Å². The second-order valence-corrected chi connectivity index (χ2v) is 6.46. The normalized spacial score (nSPS) is 11.3. The number of hydrogen-bond donors (Lipinski definition) is 3. The fourth-order valence-electron chi connectivity index (χ4n) is 2.97. The van der Waals surface area contributed by atoms with Gasteiger partial charge in [0.2, 0.25) is 0 Å². The van der Waals surface area contributed by atoms with E-state index in [1.807, 2.05) is 36.4 Å². The number of H-pyrrole nitrogens is 1. The van der Waals surface area contributed by atoms with E-state index < -0.39 is 0 Å². The highest BCUT2D eigenvalue weighted by Gasteiger charge is 2.24. The predicted molar refractivity (Wildman–Crippen MR) is 99.2 cm³/mol. The average molecular weight is 418 g/mol. The molecule has 2 aromatic carbocycles. The molecule has 2 heterocycles. The van der Waals surface area contributed by atoms with Crippen LogP contribution in [0, 0.1) is 8.48 Å². The SMILES string of the molecule is Nn1c(-c2c(O)[nH]c3ccc(I)cc23)c(N=O)c2ccccc21. The number of nitrogens with one attached hydrogen (secondary N) is 1. The molecule has 0 aliphatic rings. The van der Waals surface area contributed by atoms with Crippen LogP contribution in [0.2, 0.25) is 0 Å². The topological polar surface area (TPSA) is 96.4 Å². The van der Waals surface area contributed by atoms with E-state index in [0.717, 1.165) is 14.5 Å². The van der Waals surface area contributed by atoms with Gasteiger partial charge in [0.15, 0.2) is 5.88 Å². The molecular weight excluding hydrogens is 407 g/mol. The van der Waals surface area contributed by atoms with Gasteiger partial charge in [-0.15, -0.1) is 4.91 Å². The van der Waals surface area contributed by atoms with Crippen molar-refractivity contribution in [2.75, 3.05) is 5.84 Å². The first kappa shape index (κ1) is 14.1. The minimum atomic E-state index is -0.0404. The molecule has 0 radical (unpaired) electrons. The second kappa shape index (κ2) is 4.98. The summed E-state index contributed by atoms with van der Waals surface area (Å²) in [4.78, 5) is 14.4. The number of nitrogen functional groups attached to an aromatic ring is 1. The zero-order valence-corrected chi connectivity index (χ0v) is 13.9. The van der Waals surface area contributed by atoms with Crippen molar-refractivity contribution in [2.45, 2.75) is 0 Å². The van der Waals surface area contributed by atoms with E-state index in [1.54, 1.807) is 6.07 Å². The number of benzene rings is 2. The van der Waals surface area contributed by atoms with Crippen molar-refractivity contribution in [1.29, 1.82) is 0 Å². The molecule has 6 nitrogen and oxygen atoms in total. The van der Waals surface area contributed by atoms with Crippen LogP contribution in [0.25, 0.3) is 33.1 Å². The van der Waals surface area contributed by atoms with Crippen LogP contribution in [0.5, 0.6) is 5.88 Å². The summed E-state index contributed by atoms with van der Waals surface area (Å²) >= 11 is 2.20. The number of nitrogens with two attached hydrogens (primary N) is 1. The van der Waals surface area contributed by atoms with Crippen molar-refractivity contribution >= 4 is 50.1 Å². The summed E-state index contributed by atoms with van der Waals surface area (Å²) in [6, 6.07) is 13.0. The number of nitrogens with zero attached hydrogens (tertiary/aromatic N) is 2. The lowest BCUT2D eigenvalue weighted by Crippen LogP contribution is -2.09. The zero-order chi connectivity index (χ0) is 16.1. The number of aromatic amines is 1. The number of hydrogen-bond acceptors (Lipinski definition) is 4. The molecule has 0 bridgehead atoms. The van der Waals surface area contributed by atoms with Crippen LogP contribution in [0.15, 0.2) is 47.6 Å². The quantitative estimate of drug-likeness (QED) is 0.259. The summed E-state index contributed by atoms with van der Waals surface area (Å²) in [7, 11) is 0. The molecule has 114 valence electrons. The van der Waals surface area contributed by atoms with Gasteiger partial charge in [-0.05, 0) is 52.0 Å². The Morgan fingerprint density at radius 1 is 1.17 bits per heavy atom. The Labute approximate surface area is 144 Å². The summed E-state index contributed by atoms with van der Waals surface area (Å²) in [5.41, 5.74) is 2.54. The van der Waals surface area contributed by atoms with Crippen molar-refractivity contribution in [3.05, 3.63) is 50.9 Å². The van der Waals surface area contributed by atoms with Crippen molar-refractivity contribution in [1.82, 2.24) is 9.66 Å². The van der Waals surface area contributed by atoms with Crippen molar-refractivity contribution in [3.8, 4) is 17.1 Å². The molecule has 0 fully saturated rings. The molecule has 0 unspecified atom stereocenters. The van der Waals surface area contributed by atoms with E-state index in [1.165, 1.54) is 4.68 Å². The molecule has 0 aliphatic carbocycles. The van der Waals surface area contributed by atoms with Crippen LogP contribution in [-0.2, 0) is 0 Å². The number of rotatable bonds is 2. The lowest BCUT2D eigenvalue weighted by molar-refractivity contribution is 0.460. The van der Waals surface area contributed by atoms with Gasteiger partial charge in [0.1, 0.15) is 11.4 Å². The summed E-state index contributed by atoms with van der Waals surface area (Å²) in [6.45, 7) is 0. The van der Waals surface area contributed by atoms with Gasteiger partial charge in [-0.25, -0.2) is 0 Å². The van der Waals surface area contributed by atoms with Crippen molar-refractivity contribution in [3.63, 3.8) is 0 Å². The first-order valence-electron chi connectivity index (χ1n) is 6.84. The fourth-order valence-corrected chi connectivity index (χ4v) is 3.46. The Morgan fingerprint density at radius 2 is 1.96 bits per heavy atom. The van der Waals surface area contributed by atoms with E-state index in [0.29, 0.717) is 22.2 Å². The smallest absolute Gasteiger partial charge is 0.199 e. The number of halogens is 1. The van der Waals surface area contributed by atoms with E-state index in [4.69, 9.17) is 5.84 Å². The standard InChI is InChI=1S/C16H11IN4O2/c17-8-5-6-11-10(7-8)13(16(22)19-11)15-14(20-23)9-3-1-2-4-12(9)21(15)18/h1-7,19,22H,18H2. The highest BCUT2D eigenvalue weighted by Crippen LogP contribution is 2.45. The Hall–Kier alpha value is -2.55. The molecule has 0 spiro atoms. The molecule has 4 aromatic rings. The van der Waals surface area contributed by atoms with Crippen molar-refractivity contribution < 1.29 is 5.11 Å². The third-order valence-corrected chi connectivity index (χ3v) is 4.62. The average Bonchev–Trinajstić information content (AvgIpc) is 3.01. The maximum Gasteiger partial charge on any atom is 0.199 e. The largest absolute Gasteiger partial charge is 0.494 e. The van der Waals surface area contributed by atoms with Gasteiger partial charge in [0.25, 0.3) is 0 Å². The van der Waals surface area contributed by atoms with Crippen LogP contribution in [0.1, 0.15) is 0 Å².